The molecule has 0 radical (unpaired) electrons. The summed E-state index contributed by atoms with van der Waals surface area (Å²) in [5.74, 6) is -0.0137. The summed E-state index contributed by atoms with van der Waals surface area (Å²) in [6, 6.07) is 3.70. The number of amides is 1. The third kappa shape index (κ3) is 2.14. The van der Waals surface area contributed by atoms with Crippen LogP contribution in [-0.2, 0) is 6.42 Å². The molecule has 0 aliphatic rings. The third-order valence-corrected chi connectivity index (χ3v) is 4.29. The molecule has 18 heavy (non-hydrogen) atoms. The molecule has 0 aliphatic heterocycles. The Kier molecular flexibility index (Phi) is 3.07. The first-order valence-electron chi connectivity index (χ1n) is 5.42. The molecular formula is C11H10N4OS2. The molecule has 0 saturated carbocycles. The topological polar surface area (TPSA) is 59.3 Å². The zero-order valence-electron chi connectivity index (χ0n) is 9.37. The number of nitrogens with zero attached hydrogens (tertiary/aromatic N) is 3. The van der Waals surface area contributed by atoms with Crippen LogP contribution in [0.25, 0.3) is 4.96 Å². The number of thiophene rings is 1. The van der Waals surface area contributed by atoms with Gasteiger partial charge in [0.15, 0.2) is 0 Å². The lowest BCUT2D eigenvalue weighted by molar-refractivity contribution is 0.0958. The van der Waals surface area contributed by atoms with Gasteiger partial charge >= 0.3 is 0 Å². The highest BCUT2D eigenvalue weighted by Crippen LogP contribution is 2.13. The first kappa shape index (κ1) is 11.4. The van der Waals surface area contributed by atoms with Gasteiger partial charge < -0.3 is 5.32 Å². The first-order chi connectivity index (χ1) is 8.84. The minimum atomic E-state index is -0.0137. The highest BCUT2D eigenvalue weighted by atomic mass is 32.1. The second-order valence-corrected chi connectivity index (χ2v) is 5.48. The van der Waals surface area contributed by atoms with Crippen molar-refractivity contribution < 1.29 is 4.79 Å². The van der Waals surface area contributed by atoms with Crippen LogP contribution in [0.2, 0.25) is 0 Å². The monoisotopic (exact) mass is 278 g/mol. The smallest absolute Gasteiger partial charge is 0.261 e. The summed E-state index contributed by atoms with van der Waals surface area (Å²) < 4.78 is 1.95. The molecule has 0 saturated heterocycles. The number of aromatic nitrogens is 3. The maximum absolute atomic E-state index is 11.7. The summed E-state index contributed by atoms with van der Waals surface area (Å²) >= 11 is 3.00. The van der Waals surface area contributed by atoms with Gasteiger partial charge in [-0.2, -0.15) is 0 Å². The Morgan fingerprint density at radius 2 is 2.39 bits per heavy atom. The second-order valence-electron chi connectivity index (χ2n) is 3.69. The van der Waals surface area contributed by atoms with E-state index in [1.54, 1.807) is 17.7 Å². The molecule has 3 aromatic rings. The predicted molar refractivity (Wildman–Crippen MR) is 71.2 cm³/mol. The number of carbonyl (C=O) groups is 1. The molecule has 0 fully saturated rings. The van der Waals surface area contributed by atoms with Crippen LogP contribution in [0.5, 0.6) is 0 Å². The van der Waals surface area contributed by atoms with Crippen molar-refractivity contribution in [3.8, 4) is 0 Å². The molecule has 0 spiro atoms. The van der Waals surface area contributed by atoms with E-state index >= 15 is 0 Å². The van der Waals surface area contributed by atoms with Crippen molar-refractivity contribution in [2.45, 2.75) is 6.42 Å². The van der Waals surface area contributed by atoms with E-state index in [9.17, 15) is 4.79 Å². The molecule has 1 amide bonds. The van der Waals surface area contributed by atoms with Crippen LogP contribution in [0.15, 0.2) is 29.2 Å². The van der Waals surface area contributed by atoms with E-state index in [0.717, 1.165) is 22.0 Å². The van der Waals surface area contributed by atoms with E-state index in [1.165, 1.54) is 11.3 Å². The van der Waals surface area contributed by atoms with Crippen molar-refractivity contribution in [2.75, 3.05) is 6.54 Å². The second kappa shape index (κ2) is 4.87. The number of nitrogens with one attached hydrogen (secondary N) is 1. The normalized spacial score (nSPS) is 10.9. The number of thiazole rings is 1. The molecule has 0 aliphatic carbocycles. The molecule has 1 N–H and O–H groups in total. The third-order valence-electron chi connectivity index (χ3n) is 2.54. The fourth-order valence-electron chi connectivity index (χ4n) is 1.66. The number of hydrogen-bond donors (Lipinski definition) is 1. The predicted octanol–water partition coefficient (Wildman–Crippen LogP) is 1.82. The van der Waals surface area contributed by atoms with Gasteiger partial charge in [-0.25, -0.2) is 0 Å². The molecule has 0 atom stereocenters. The SMILES string of the molecule is O=C(NCCc1csc2nncn12)c1cccs1. The van der Waals surface area contributed by atoms with Crippen LogP contribution in [0.1, 0.15) is 15.4 Å². The van der Waals surface area contributed by atoms with Crippen molar-refractivity contribution in [3.05, 3.63) is 39.8 Å². The Bertz CT molecular complexity index is 656. The lowest BCUT2D eigenvalue weighted by Crippen LogP contribution is -2.25. The minimum Gasteiger partial charge on any atom is -0.351 e. The van der Waals surface area contributed by atoms with Gasteiger partial charge in [0.1, 0.15) is 6.33 Å². The highest BCUT2D eigenvalue weighted by Gasteiger charge is 2.07. The van der Waals surface area contributed by atoms with Gasteiger partial charge in [-0.15, -0.1) is 32.9 Å². The largest absolute Gasteiger partial charge is 0.351 e. The van der Waals surface area contributed by atoms with E-state index < -0.39 is 0 Å². The van der Waals surface area contributed by atoms with Crippen molar-refractivity contribution >= 4 is 33.5 Å². The fraction of sp³-hybridized carbons (Fsp3) is 0.182. The molecule has 3 rings (SSSR count). The Hall–Kier alpha value is -1.73. The van der Waals surface area contributed by atoms with Crippen molar-refractivity contribution in [1.29, 1.82) is 0 Å². The Balaban J connectivity index is 1.59. The van der Waals surface area contributed by atoms with Gasteiger partial charge in [-0.1, -0.05) is 6.07 Å². The molecule has 3 heterocycles. The van der Waals surface area contributed by atoms with Crippen LogP contribution in [0.4, 0.5) is 0 Å². The molecule has 0 bridgehead atoms. The van der Waals surface area contributed by atoms with E-state index in [4.69, 9.17) is 0 Å². The highest BCUT2D eigenvalue weighted by molar-refractivity contribution is 7.15. The summed E-state index contributed by atoms with van der Waals surface area (Å²) in [5, 5.41) is 14.7. The average molecular weight is 278 g/mol. The maximum Gasteiger partial charge on any atom is 0.261 e. The summed E-state index contributed by atoms with van der Waals surface area (Å²) in [6.45, 7) is 0.612. The number of hydrogen-bond acceptors (Lipinski definition) is 5. The number of carbonyl (C=O) groups excluding carboxylic acids is 1. The Labute approximate surface area is 111 Å². The molecular weight excluding hydrogens is 268 g/mol. The van der Waals surface area contributed by atoms with Crippen LogP contribution in [-0.4, -0.2) is 27.0 Å². The van der Waals surface area contributed by atoms with E-state index in [1.807, 2.05) is 27.3 Å². The first-order valence-corrected chi connectivity index (χ1v) is 7.18. The zero-order valence-corrected chi connectivity index (χ0v) is 11.0. The molecule has 0 aromatic carbocycles. The molecule has 3 aromatic heterocycles. The Morgan fingerprint density at radius 3 is 3.22 bits per heavy atom. The van der Waals surface area contributed by atoms with Gasteiger partial charge in [0.05, 0.1) is 4.88 Å². The van der Waals surface area contributed by atoms with E-state index in [-0.39, 0.29) is 5.91 Å². The molecule has 92 valence electrons. The number of rotatable bonds is 4. The maximum atomic E-state index is 11.7. The molecule has 7 heteroatoms. The van der Waals surface area contributed by atoms with Gasteiger partial charge in [0, 0.05) is 24.0 Å². The van der Waals surface area contributed by atoms with Crippen LogP contribution < -0.4 is 5.32 Å². The van der Waals surface area contributed by atoms with Crippen molar-refractivity contribution in [1.82, 2.24) is 19.9 Å². The van der Waals surface area contributed by atoms with Crippen molar-refractivity contribution in [2.24, 2.45) is 0 Å². The van der Waals surface area contributed by atoms with Crippen molar-refractivity contribution in [3.63, 3.8) is 0 Å². The summed E-state index contributed by atoms with van der Waals surface area (Å²) in [5.41, 5.74) is 1.12. The van der Waals surface area contributed by atoms with Crippen LogP contribution in [0, 0.1) is 0 Å². The summed E-state index contributed by atoms with van der Waals surface area (Å²) in [7, 11) is 0. The van der Waals surface area contributed by atoms with Gasteiger partial charge in [0.2, 0.25) is 4.96 Å². The van der Waals surface area contributed by atoms with E-state index in [2.05, 4.69) is 15.5 Å². The van der Waals surface area contributed by atoms with E-state index in [0.29, 0.717) is 6.54 Å². The van der Waals surface area contributed by atoms with Gasteiger partial charge in [-0.05, 0) is 11.4 Å². The summed E-state index contributed by atoms with van der Waals surface area (Å²) in [4.78, 5) is 13.3. The Morgan fingerprint density at radius 1 is 1.44 bits per heavy atom. The van der Waals surface area contributed by atoms with Crippen LogP contribution >= 0.6 is 22.7 Å². The minimum absolute atomic E-state index is 0.0137. The van der Waals surface area contributed by atoms with Crippen LogP contribution in [0.3, 0.4) is 0 Å². The lowest BCUT2D eigenvalue weighted by atomic mass is 10.3. The standard InChI is InChI=1S/C11H10N4OS2/c16-10(9-2-1-5-17-9)12-4-3-8-6-18-11-14-13-7-15(8)11/h1-2,5-7H,3-4H2,(H,12,16). The summed E-state index contributed by atoms with van der Waals surface area (Å²) in [6.07, 6.45) is 2.47. The molecule has 5 nitrogen and oxygen atoms in total. The molecule has 0 unspecified atom stereocenters. The average Bonchev–Trinajstić information content (AvgIpc) is 3.07. The zero-order chi connectivity index (χ0) is 12.4. The number of fused-ring (bicyclic) bond motifs is 1. The van der Waals surface area contributed by atoms with Gasteiger partial charge in [-0.3, -0.25) is 9.20 Å². The quantitative estimate of drug-likeness (QED) is 0.792. The van der Waals surface area contributed by atoms with Gasteiger partial charge in [0.25, 0.3) is 5.91 Å². The lowest BCUT2D eigenvalue weighted by Gasteiger charge is -2.02. The fourth-order valence-corrected chi connectivity index (χ4v) is 3.14.